The third kappa shape index (κ3) is 2.82. The lowest BCUT2D eigenvalue weighted by atomic mass is 10.4. The molecule has 1 atom stereocenters. The first kappa shape index (κ1) is 10.2. The number of hydrogen-bond acceptors (Lipinski definition) is 3. The molecule has 0 saturated heterocycles. The second-order valence-electron chi connectivity index (χ2n) is 2.33. The fourth-order valence-corrected chi connectivity index (χ4v) is 2.88. The van der Waals surface area contributed by atoms with Crippen LogP contribution in [0.5, 0.6) is 0 Å². The van der Waals surface area contributed by atoms with Crippen LogP contribution in [0, 0.1) is 0 Å². The van der Waals surface area contributed by atoms with E-state index in [1.807, 2.05) is 0 Å². The number of nitrogens with zero attached hydrogens (tertiary/aromatic N) is 1. The van der Waals surface area contributed by atoms with E-state index in [1.165, 1.54) is 18.4 Å². The van der Waals surface area contributed by atoms with Crippen molar-refractivity contribution in [2.24, 2.45) is 3.77 Å². The summed E-state index contributed by atoms with van der Waals surface area (Å²) in [6.07, 6.45) is 1.25. The van der Waals surface area contributed by atoms with Gasteiger partial charge in [0, 0.05) is 16.9 Å². The van der Waals surface area contributed by atoms with Crippen molar-refractivity contribution in [3.05, 3.63) is 30.3 Å². The van der Waals surface area contributed by atoms with Gasteiger partial charge in [-0.25, -0.2) is 0 Å². The van der Waals surface area contributed by atoms with E-state index < -0.39 is 20.6 Å². The van der Waals surface area contributed by atoms with E-state index in [0.717, 1.165) is 0 Å². The fourth-order valence-electron chi connectivity index (χ4n) is 0.791. The van der Waals surface area contributed by atoms with Crippen LogP contribution in [0.3, 0.4) is 0 Å². The van der Waals surface area contributed by atoms with Crippen molar-refractivity contribution < 1.29 is 12.6 Å². The Morgan fingerprint density at radius 1 is 1.23 bits per heavy atom. The minimum Gasteiger partial charge on any atom is -0.252 e. The molecule has 1 aromatic rings. The molecule has 4 nitrogen and oxygen atoms in total. The van der Waals surface area contributed by atoms with Gasteiger partial charge in [-0.3, -0.25) is 4.21 Å². The molecule has 1 unspecified atom stereocenters. The Labute approximate surface area is 78.9 Å². The predicted molar refractivity (Wildman–Crippen MR) is 51.5 cm³/mol. The van der Waals surface area contributed by atoms with Crippen molar-refractivity contribution in [1.82, 2.24) is 0 Å². The molecule has 0 bridgehead atoms. The SMILES string of the molecule is C/[SH](=O)=N\S(=O)(=O)c1ccccc1. The van der Waals surface area contributed by atoms with Gasteiger partial charge in [-0.2, -0.15) is 8.42 Å². The Balaban J connectivity index is 3.25. The molecule has 0 heterocycles. The zero-order chi connectivity index (χ0) is 9.90. The number of sulfonamides is 1. The van der Waals surface area contributed by atoms with E-state index in [4.69, 9.17) is 0 Å². The third-order valence-electron chi connectivity index (χ3n) is 1.26. The first-order valence-electron chi connectivity index (χ1n) is 3.46. The monoisotopic (exact) mass is 219 g/mol. The smallest absolute Gasteiger partial charge is 0.252 e. The lowest BCUT2D eigenvalue weighted by Crippen LogP contribution is -1.96. The van der Waals surface area contributed by atoms with Crippen LogP contribution in [-0.4, -0.2) is 18.9 Å². The van der Waals surface area contributed by atoms with E-state index in [0.29, 0.717) is 0 Å². The van der Waals surface area contributed by atoms with E-state index in [1.54, 1.807) is 18.2 Å². The van der Waals surface area contributed by atoms with Crippen LogP contribution in [0.4, 0.5) is 0 Å². The van der Waals surface area contributed by atoms with Gasteiger partial charge in [0.2, 0.25) is 0 Å². The summed E-state index contributed by atoms with van der Waals surface area (Å²) in [6, 6.07) is 7.70. The topological polar surface area (TPSA) is 63.6 Å². The summed E-state index contributed by atoms with van der Waals surface area (Å²) >= 11 is 0. The summed E-state index contributed by atoms with van der Waals surface area (Å²) in [7, 11) is -5.74. The zero-order valence-electron chi connectivity index (χ0n) is 6.91. The van der Waals surface area contributed by atoms with Crippen molar-refractivity contribution in [3.63, 3.8) is 0 Å². The van der Waals surface area contributed by atoms with Crippen molar-refractivity contribution in [2.45, 2.75) is 4.90 Å². The zero-order valence-corrected chi connectivity index (χ0v) is 8.63. The molecule has 1 aromatic carbocycles. The summed E-state index contributed by atoms with van der Waals surface area (Å²) in [4.78, 5) is 0.0696. The molecule has 0 radical (unpaired) electrons. The van der Waals surface area contributed by atoms with Crippen LogP contribution in [0.2, 0.25) is 0 Å². The van der Waals surface area contributed by atoms with Crippen LogP contribution in [0.1, 0.15) is 0 Å². The summed E-state index contributed by atoms with van der Waals surface area (Å²) in [5, 5.41) is 0. The second kappa shape index (κ2) is 3.89. The molecule has 0 aliphatic carbocycles. The Hall–Kier alpha value is -0.880. The van der Waals surface area contributed by atoms with Crippen LogP contribution < -0.4 is 0 Å². The van der Waals surface area contributed by atoms with Crippen molar-refractivity contribution in [2.75, 3.05) is 6.26 Å². The maximum Gasteiger partial charge on any atom is 0.289 e. The van der Waals surface area contributed by atoms with Crippen LogP contribution in [0.15, 0.2) is 39.0 Å². The highest BCUT2D eigenvalue weighted by molar-refractivity contribution is 7.96. The van der Waals surface area contributed by atoms with Crippen LogP contribution in [0.25, 0.3) is 0 Å². The minimum atomic E-state index is -3.72. The first-order valence-corrected chi connectivity index (χ1v) is 6.56. The van der Waals surface area contributed by atoms with E-state index in [9.17, 15) is 12.6 Å². The molecule has 0 N–H and O–H groups in total. The maximum absolute atomic E-state index is 11.3. The molecule has 0 saturated carbocycles. The van der Waals surface area contributed by atoms with Crippen LogP contribution >= 0.6 is 0 Å². The van der Waals surface area contributed by atoms with Gasteiger partial charge in [0.1, 0.15) is 0 Å². The van der Waals surface area contributed by atoms with Crippen molar-refractivity contribution >= 4 is 20.6 Å². The van der Waals surface area contributed by atoms with Gasteiger partial charge >= 0.3 is 0 Å². The predicted octanol–water partition coefficient (Wildman–Crippen LogP) is 0.670. The number of benzene rings is 1. The lowest BCUT2D eigenvalue weighted by molar-refractivity contribution is 0.598. The van der Waals surface area contributed by atoms with Gasteiger partial charge < -0.3 is 0 Å². The molecule has 0 fully saturated rings. The molecule has 6 heteroatoms. The summed E-state index contributed by atoms with van der Waals surface area (Å²) in [6.45, 7) is 0. The highest BCUT2D eigenvalue weighted by atomic mass is 32.3. The van der Waals surface area contributed by atoms with Gasteiger partial charge in [0.25, 0.3) is 10.0 Å². The summed E-state index contributed by atoms with van der Waals surface area (Å²) in [5.74, 6) is 0. The minimum absolute atomic E-state index is 0.0696. The van der Waals surface area contributed by atoms with Crippen molar-refractivity contribution in [1.29, 1.82) is 0 Å². The van der Waals surface area contributed by atoms with Gasteiger partial charge in [-0.15, -0.1) is 3.77 Å². The van der Waals surface area contributed by atoms with Crippen molar-refractivity contribution in [3.8, 4) is 0 Å². The highest BCUT2D eigenvalue weighted by Crippen LogP contribution is 2.10. The third-order valence-corrected chi connectivity index (χ3v) is 3.91. The maximum atomic E-state index is 11.3. The standard InChI is InChI=1S/C7H9NO3S2/c1-12(9)8-13(10,11)7-5-3-2-4-6-7/h2-6,12H,1H3. The first-order chi connectivity index (χ1) is 6.02. The molecular weight excluding hydrogens is 210 g/mol. The van der Waals surface area contributed by atoms with Gasteiger partial charge in [-0.1, -0.05) is 18.2 Å². The highest BCUT2D eigenvalue weighted by Gasteiger charge is 2.10. The van der Waals surface area contributed by atoms with E-state index >= 15 is 0 Å². The largest absolute Gasteiger partial charge is 0.289 e. The Kier molecular flexibility index (Phi) is 3.05. The molecule has 13 heavy (non-hydrogen) atoms. The fraction of sp³-hybridized carbons (Fsp3) is 0.143. The van der Waals surface area contributed by atoms with Crippen LogP contribution in [-0.2, 0) is 20.6 Å². The van der Waals surface area contributed by atoms with E-state index in [2.05, 4.69) is 3.77 Å². The molecule has 72 valence electrons. The Morgan fingerprint density at radius 3 is 2.23 bits per heavy atom. The molecule has 0 spiro atoms. The average Bonchev–Trinajstić information content (AvgIpc) is 2.04. The number of thiol groups is 1. The second-order valence-corrected chi connectivity index (χ2v) is 5.34. The van der Waals surface area contributed by atoms with Gasteiger partial charge in [0.15, 0.2) is 0 Å². The number of rotatable bonds is 2. The molecule has 1 rings (SSSR count). The summed E-state index contributed by atoms with van der Waals surface area (Å²) < 4.78 is 36.4. The number of hydrogen-bond donors (Lipinski definition) is 1. The molecule has 0 aliphatic heterocycles. The summed E-state index contributed by atoms with van der Waals surface area (Å²) in [5.41, 5.74) is 0. The molecule has 0 amide bonds. The Bertz CT molecular complexity index is 458. The lowest BCUT2D eigenvalue weighted by Gasteiger charge is -1.95. The molecule has 0 aromatic heterocycles. The Morgan fingerprint density at radius 2 is 1.77 bits per heavy atom. The van der Waals surface area contributed by atoms with Gasteiger partial charge in [0.05, 0.1) is 4.90 Å². The molecular formula is C7H9NO3S2. The quantitative estimate of drug-likeness (QED) is 0.743. The van der Waals surface area contributed by atoms with Gasteiger partial charge in [-0.05, 0) is 12.1 Å². The normalized spacial score (nSPS) is 14.2. The average molecular weight is 219 g/mol. The molecule has 0 aliphatic rings. The van der Waals surface area contributed by atoms with E-state index in [-0.39, 0.29) is 4.90 Å².